The second-order valence-electron chi connectivity index (χ2n) is 3.89. The van der Waals surface area contributed by atoms with Crippen LogP contribution in [-0.4, -0.2) is 8.76 Å². The Hall–Kier alpha value is -1.71. The Morgan fingerprint density at radius 1 is 0.824 bits per heavy atom. The average Bonchev–Trinajstić information content (AvgIpc) is 2.37. The second-order valence-corrected chi connectivity index (χ2v) is 4.83. The molecule has 0 aliphatic heterocycles. The highest BCUT2D eigenvalue weighted by Crippen LogP contribution is 2.29. The molecule has 0 saturated heterocycles. The molecule has 0 radical (unpaired) electrons. The lowest BCUT2D eigenvalue weighted by Crippen LogP contribution is -1.91. The Kier molecular flexibility index (Phi) is 2.42. The highest BCUT2D eigenvalue weighted by Gasteiger charge is 2.09. The lowest BCUT2D eigenvalue weighted by Gasteiger charge is -2.07. The molecule has 1 atom stereocenters. The molecule has 0 saturated carbocycles. The summed E-state index contributed by atoms with van der Waals surface area (Å²) in [5.41, 5.74) is 0. The van der Waals surface area contributed by atoms with Gasteiger partial charge in [-0.1, -0.05) is 48.5 Å². The Bertz CT molecular complexity index is 734. The Morgan fingerprint density at radius 3 is 2.12 bits per heavy atom. The molecule has 0 aromatic heterocycles. The highest BCUT2D eigenvalue weighted by atomic mass is 32.2. The minimum absolute atomic E-state index is 0.472. The maximum absolute atomic E-state index is 11.4. The summed E-state index contributed by atoms with van der Waals surface area (Å²) in [6.07, 6.45) is 0. The van der Waals surface area contributed by atoms with Crippen molar-refractivity contribution in [3.8, 4) is 0 Å². The van der Waals surface area contributed by atoms with Crippen LogP contribution in [0.1, 0.15) is 0 Å². The van der Waals surface area contributed by atoms with E-state index in [0.717, 1.165) is 21.5 Å². The van der Waals surface area contributed by atoms with E-state index in [-0.39, 0.29) is 0 Å². The number of rotatable bonds is 1. The lowest BCUT2D eigenvalue weighted by atomic mass is 10.0. The normalized spacial score (nSPS) is 13.0. The van der Waals surface area contributed by atoms with Crippen molar-refractivity contribution >= 4 is 32.6 Å². The van der Waals surface area contributed by atoms with E-state index in [1.165, 1.54) is 0 Å². The molecule has 1 unspecified atom stereocenters. The first-order valence-corrected chi connectivity index (χ1v) is 6.39. The molecule has 3 aromatic rings. The first-order valence-electron chi connectivity index (χ1n) is 5.29. The molecular formula is C14H10O2S. The predicted molar refractivity (Wildman–Crippen MR) is 70.5 cm³/mol. The smallest absolute Gasteiger partial charge is 0.187 e. The van der Waals surface area contributed by atoms with Crippen LogP contribution in [0.5, 0.6) is 0 Å². The molecule has 0 aliphatic rings. The minimum atomic E-state index is -1.96. The molecule has 3 rings (SSSR count). The molecule has 2 nitrogen and oxygen atoms in total. The summed E-state index contributed by atoms with van der Waals surface area (Å²) in [7, 11) is 0. The summed E-state index contributed by atoms with van der Waals surface area (Å²) in [6.45, 7) is 0. The van der Waals surface area contributed by atoms with E-state index in [1.807, 2.05) is 48.5 Å². The summed E-state index contributed by atoms with van der Waals surface area (Å²) >= 11 is -1.96. The fraction of sp³-hybridized carbons (Fsp3) is 0. The third-order valence-electron chi connectivity index (χ3n) is 2.92. The van der Waals surface area contributed by atoms with Gasteiger partial charge in [0.05, 0.1) is 4.90 Å². The van der Waals surface area contributed by atoms with Crippen LogP contribution in [0.2, 0.25) is 0 Å². The Balaban J connectivity index is 2.59. The molecule has 17 heavy (non-hydrogen) atoms. The van der Waals surface area contributed by atoms with Crippen molar-refractivity contribution in [2.75, 3.05) is 0 Å². The number of hydrogen-bond donors (Lipinski definition) is 1. The second kappa shape index (κ2) is 3.95. The summed E-state index contributed by atoms with van der Waals surface area (Å²) in [6, 6.07) is 17.4. The largest absolute Gasteiger partial charge is 0.302 e. The zero-order chi connectivity index (χ0) is 11.8. The molecule has 3 heteroatoms. The fourth-order valence-electron chi connectivity index (χ4n) is 2.16. The molecule has 0 fully saturated rings. The maximum Gasteiger partial charge on any atom is 0.187 e. The van der Waals surface area contributed by atoms with Gasteiger partial charge in [0, 0.05) is 5.39 Å². The number of benzene rings is 3. The van der Waals surface area contributed by atoms with Gasteiger partial charge in [-0.25, -0.2) is 4.21 Å². The molecule has 84 valence electrons. The van der Waals surface area contributed by atoms with E-state index in [2.05, 4.69) is 0 Å². The van der Waals surface area contributed by atoms with Crippen LogP contribution < -0.4 is 0 Å². The summed E-state index contributed by atoms with van der Waals surface area (Å²) in [5, 5.41) is 3.95. The van der Waals surface area contributed by atoms with Gasteiger partial charge in [0.1, 0.15) is 0 Å². The van der Waals surface area contributed by atoms with Gasteiger partial charge in [0.25, 0.3) is 0 Å². The fourth-order valence-corrected chi connectivity index (χ4v) is 2.76. The lowest BCUT2D eigenvalue weighted by molar-refractivity contribution is 0.565. The monoisotopic (exact) mass is 242 g/mol. The molecule has 0 spiro atoms. The van der Waals surface area contributed by atoms with Crippen LogP contribution in [0, 0.1) is 0 Å². The zero-order valence-corrected chi connectivity index (χ0v) is 9.78. The quantitative estimate of drug-likeness (QED) is 0.523. The molecule has 0 amide bonds. The van der Waals surface area contributed by atoms with E-state index in [0.29, 0.717) is 4.90 Å². The van der Waals surface area contributed by atoms with Crippen molar-refractivity contribution in [1.29, 1.82) is 0 Å². The van der Waals surface area contributed by atoms with E-state index >= 15 is 0 Å². The van der Waals surface area contributed by atoms with Crippen molar-refractivity contribution in [2.45, 2.75) is 4.90 Å². The first-order chi connectivity index (χ1) is 8.27. The van der Waals surface area contributed by atoms with E-state index in [9.17, 15) is 8.76 Å². The topological polar surface area (TPSA) is 37.3 Å². The van der Waals surface area contributed by atoms with Crippen LogP contribution in [0.4, 0.5) is 0 Å². The minimum Gasteiger partial charge on any atom is -0.302 e. The van der Waals surface area contributed by atoms with Gasteiger partial charge in [0.2, 0.25) is 0 Å². The standard InChI is InChI=1S/C14H10O2S/c15-17(16)14-9-10-5-1-2-6-11(10)12-7-3-4-8-13(12)14/h1-9H,(H,15,16). The molecule has 1 N–H and O–H groups in total. The van der Waals surface area contributed by atoms with Crippen molar-refractivity contribution in [2.24, 2.45) is 0 Å². The number of fused-ring (bicyclic) bond motifs is 3. The predicted octanol–water partition coefficient (Wildman–Crippen LogP) is 3.57. The van der Waals surface area contributed by atoms with E-state index < -0.39 is 11.1 Å². The third-order valence-corrected chi connectivity index (χ3v) is 3.63. The summed E-state index contributed by atoms with van der Waals surface area (Å²) < 4.78 is 20.7. The first kappa shape index (κ1) is 10.4. The SMILES string of the molecule is O=S(O)c1cc2ccccc2c2ccccc12. The average molecular weight is 242 g/mol. The van der Waals surface area contributed by atoms with Crippen LogP contribution >= 0.6 is 0 Å². The van der Waals surface area contributed by atoms with Crippen molar-refractivity contribution in [3.05, 3.63) is 54.6 Å². The van der Waals surface area contributed by atoms with Gasteiger partial charge >= 0.3 is 0 Å². The van der Waals surface area contributed by atoms with Gasteiger partial charge in [-0.05, 0) is 22.2 Å². The third kappa shape index (κ3) is 1.64. The van der Waals surface area contributed by atoms with Crippen LogP contribution in [0.15, 0.2) is 59.5 Å². The summed E-state index contributed by atoms with van der Waals surface area (Å²) in [5.74, 6) is 0. The molecule has 0 heterocycles. The highest BCUT2D eigenvalue weighted by molar-refractivity contribution is 7.79. The molecular weight excluding hydrogens is 232 g/mol. The van der Waals surface area contributed by atoms with Crippen molar-refractivity contribution in [3.63, 3.8) is 0 Å². The van der Waals surface area contributed by atoms with Crippen molar-refractivity contribution in [1.82, 2.24) is 0 Å². The number of hydrogen-bond acceptors (Lipinski definition) is 1. The van der Waals surface area contributed by atoms with Crippen LogP contribution in [-0.2, 0) is 11.1 Å². The van der Waals surface area contributed by atoms with Gasteiger partial charge in [-0.3, -0.25) is 0 Å². The Morgan fingerprint density at radius 2 is 1.41 bits per heavy atom. The van der Waals surface area contributed by atoms with Gasteiger partial charge < -0.3 is 4.55 Å². The van der Waals surface area contributed by atoms with Crippen molar-refractivity contribution < 1.29 is 8.76 Å². The van der Waals surface area contributed by atoms with E-state index in [4.69, 9.17) is 0 Å². The summed E-state index contributed by atoms with van der Waals surface area (Å²) in [4.78, 5) is 0.472. The molecule has 3 aromatic carbocycles. The van der Waals surface area contributed by atoms with E-state index in [1.54, 1.807) is 6.07 Å². The molecule has 0 aliphatic carbocycles. The molecule has 0 bridgehead atoms. The van der Waals surface area contributed by atoms with Gasteiger partial charge in [-0.15, -0.1) is 0 Å². The zero-order valence-electron chi connectivity index (χ0n) is 8.96. The van der Waals surface area contributed by atoms with Crippen LogP contribution in [0.25, 0.3) is 21.5 Å². The van der Waals surface area contributed by atoms with Gasteiger partial charge in [-0.2, -0.15) is 0 Å². The maximum atomic E-state index is 11.4. The van der Waals surface area contributed by atoms with Gasteiger partial charge in [0.15, 0.2) is 11.1 Å². The van der Waals surface area contributed by atoms with Crippen LogP contribution in [0.3, 0.4) is 0 Å². The Labute approximate surface area is 101 Å².